The van der Waals surface area contributed by atoms with Crippen molar-refractivity contribution in [2.45, 2.75) is 6.10 Å². The van der Waals surface area contributed by atoms with Crippen molar-refractivity contribution in [2.24, 2.45) is 0 Å². The van der Waals surface area contributed by atoms with Gasteiger partial charge in [0, 0.05) is 6.08 Å². The highest BCUT2D eigenvalue weighted by Gasteiger charge is 2.23. The summed E-state index contributed by atoms with van der Waals surface area (Å²) in [5.41, 5.74) is 0. The number of carbonyl (C=O) groups excluding carboxylic acids is 1. The first-order chi connectivity index (χ1) is 6.33. The van der Waals surface area contributed by atoms with Crippen LogP contribution in [0.25, 0.3) is 0 Å². The summed E-state index contributed by atoms with van der Waals surface area (Å²) < 4.78 is 9.42. The lowest BCUT2D eigenvalue weighted by atomic mass is 10.5. The van der Waals surface area contributed by atoms with Crippen molar-refractivity contribution in [2.75, 3.05) is 13.2 Å². The molecule has 0 bridgehead atoms. The molecule has 0 aromatic heterocycles. The molecule has 0 spiro atoms. The van der Waals surface area contributed by atoms with Gasteiger partial charge in [0.25, 0.3) is 0 Å². The Hall–Kier alpha value is -1.35. The molecule has 0 aliphatic carbocycles. The molecule has 1 aliphatic heterocycles. The van der Waals surface area contributed by atoms with Gasteiger partial charge in [-0.3, -0.25) is 0 Å². The summed E-state index contributed by atoms with van der Waals surface area (Å²) in [4.78, 5) is 10.3. The minimum Gasteiger partial charge on any atom is -0.460 e. The zero-order valence-electron chi connectivity index (χ0n) is 7.83. The van der Waals surface area contributed by atoms with Gasteiger partial charge in [0.2, 0.25) is 0 Å². The predicted octanol–water partition coefficient (Wildman–Crippen LogP) is 1.72. The van der Waals surface area contributed by atoms with Crippen molar-refractivity contribution in [1.82, 2.24) is 0 Å². The van der Waals surface area contributed by atoms with Crippen LogP contribution in [0.2, 0.25) is 0 Å². The lowest BCUT2D eigenvalue weighted by molar-refractivity contribution is -0.138. The molecule has 0 saturated carbocycles. The molecular weight excluding hydrogens is 168 g/mol. The van der Waals surface area contributed by atoms with E-state index in [0.717, 1.165) is 6.08 Å². The van der Waals surface area contributed by atoms with Gasteiger partial charge in [0.15, 0.2) is 0 Å². The van der Waals surface area contributed by atoms with Crippen LogP contribution >= 0.6 is 0 Å². The minimum atomic E-state index is -0.384. The first-order valence-corrected chi connectivity index (χ1v) is 3.73. The summed E-state index contributed by atoms with van der Waals surface area (Å²) in [5, 5.41) is 0. The van der Waals surface area contributed by atoms with Crippen LogP contribution in [-0.2, 0) is 14.3 Å². The maximum absolute atomic E-state index is 10.3. The summed E-state index contributed by atoms with van der Waals surface area (Å²) in [6, 6.07) is 0. The van der Waals surface area contributed by atoms with E-state index in [-0.39, 0.29) is 12.1 Å². The lowest BCUT2D eigenvalue weighted by Gasteiger charge is -1.94. The van der Waals surface area contributed by atoms with Gasteiger partial charge in [-0.2, -0.15) is 0 Å². The van der Waals surface area contributed by atoms with Gasteiger partial charge in [-0.25, -0.2) is 4.79 Å². The van der Waals surface area contributed by atoms with Crippen molar-refractivity contribution < 1.29 is 14.3 Å². The molecule has 1 heterocycles. The standard InChI is InChI=1S/C6H8O3.2C2H4/c1-2-6(7)9-4-5-3-8-5;2*1-2/h2,5H,1,3-4H2;2*1-2H2. The fraction of sp³-hybridized carbons (Fsp3) is 0.300. The highest BCUT2D eigenvalue weighted by atomic mass is 16.6. The molecule has 0 amide bonds. The van der Waals surface area contributed by atoms with Gasteiger partial charge >= 0.3 is 5.97 Å². The molecular formula is C10H16O3. The average Bonchev–Trinajstić information content (AvgIpc) is 3.04. The molecule has 1 atom stereocenters. The molecule has 3 nitrogen and oxygen atoms in total. The van der Waals surface area contributed by atoms with Crippen LogP contribution in [0.15, 0.2) is 39.0 Å². The highest BCUT2D eigenvalue weighted by Crippen LogP contribution is 2.08. The van der Waals surface area contributed by atoms with E-state index in [2.05, 4.69) is 37.6 Å². The van der Waals surface area contributed by atoms with E-state index in [0.29, 0.717) is 13.2 Å². The molecule has 13 heavy (non-hydrogen) atoms. The molecule has 1 unspecified atom stereocenters. The maximum atomic E-state index is 10.3. The quantitative estimate of drug-likeness (QED) is 0.290. The average molecular weight is 184 g/mol. The molecule has 3 heteroatoms. The molecule has 1 fully saturated rings. The largest absolute Gasteiger partial charge is 0.460 e. The Labute approximate surface area is 79.3 Å². The third-order valence-electron chi connectivity index (χ3n) is 0.981. The second-order valence-corrected chi connectivity index (χ2v) is 1.79. The second-order valence-electron chi connectivity index (χ2n) is 1.79. The van der Waals surface area contributed by atoms with E-state index in [9.17, 15) is 4.79 Å². The Kier molecular flexibility index (Phi) is 11.6. The van der Waals surface area contributed by atoms with Crippen LogP contribution in [0.3, 0.4) is 0 Å². The molecule has 74 valence electrons. The van der Waals surface area contributed by atoms with Crippen molar-refractivity contribution >= 4 is 5.97 Å². The number of rotatable bonds is 3. The summed E-state index contributed by atoms with van der Waals surface area (Å²) in [5.74, 6) is -0.384. The fourth-order valence-corrected chi connectivity index (χ4v) is 0.398. The summed E-state index contributed by atoms with van der Waals surface area (Å²) in [7, 11) is 0. The Morgan fingerprint density at radius 3 is 2.23 bits per heavy atom. The summed E-state index contributed by atoms with van der Waals surface area (Å²) in [6.45, 7) is 16.3. The SMILES string of the molecule is C=C.C=C.C=CC(=O)OCC1CO1. The number of ether oxygens (including phenoxy) is 2. The van der Waals surface area contributed by atoms with Gasteiger partial charge in [-0.05, 0) is 0 Å². The zero-order valence-corrected chi connectivity index (χ0v) is 7.83. The smallest absolute Gasteiger partial charge is 0.330 e. The van der Waals surface area contributed by atoms with Crippen molar-refractivity contribution in [3.63, 3.8) is 0 Å². The Morgan fingerprint density at radius 2 is 1.92 bits per heavy atom. The van der Waals surface area contributed by atoms with Crippen molar-refractivity contribution in [1.29, 1.82) is 0 Å². The zero-order chi connectivity index (χ0) is 10.7. The third-order valence-corrected chi connectivity index (χ3v) is 0.981. The Morgan fingerprint density at radius 1 is 1.46 bits per heavy atom. The number of esters is 1. The van der Waals surface area contributed by atoms with Gasteiger partial charge in [-0.1, -0.05) is 6.58 Å². The van der Waals surface area contributed by atoms with E-state index < -0.39 is 0 Å². The second kappa shape index (κ2) is 10.7. The first-order valence-electron chi connectivity index (χ1n) is 3.73. The molecule has 0 N–H and O–H groups in total. The van der Waals surface area contributed by atoms with E-state index in [1.54, 1.807) is 0 Å². The molecule has 1 rings (SSSR count). The van der Waals surface area contributed by atoms with E-state index in [1.165, 1.54) is 0 Å². The van der Waals surface area contributed by atoms with E-state index in [1.807, 2.05) is 0 Å². The highest BCUT2D eigenvalue weighted by molar-refractivity contribution is 5.81. The van der Waals surface area contributed by atoms with Crippen molar-refractivity contribution in [3.05, 3.63) is 39.0 Å². The van der Waals surface area contributed by atoms with E-state index >= 15 is 0 Å². The van der Waals surface area contributed by atoms with Gasteiger partial charge < -0.3 is 9.47 Å². The number of epoxide rings is 1. The molecule has 1 aliphatic rings. The first kappa shape index (κ1) is 14.2. The molecule has 0 radical (unpaired) electrons. The number of carbonyl (C=O) groups is 1. The van der Waals surface area contributed by atoms with Gasteiger partial charge in [-0.15, -0.1) is 26.3 Å². The molecule has 0 aromatic carbocycles. The minimum absolute atomic E-state index is 0.147. The van der Waals surface area contributed by atoms with Crippen molar-refractivity contribution in [3.8, 4) is 0 Å². The molecule has 0 aromatic rings. The van der Waals surface area contributed by atoms with Gasteiger partial charge in [0.1, 0.15) is 12.7 Å². The summed E-state index contributed by atoms with van der Waals surface area (Å²) >= 11 is 0. The van der Waals surface area contributed by atoms with Crippen LogP contribution in [0.5, 0.6) is 0 Å². The van der Waals surface area contributed by atoms with Crippen LogP contribution in [0, 0.1) is 0 Å². The Bertz CT molecular complexity index is 148. The fourth-order valence-electron chi connectivity index (χ4n) is 0.398. The van der Waals surface area contributed by atoms with Crippen LogP contribution in [-0.4, -0.2) is 25.3 Å². The van der Waals surface area contributed by atoms with Crippen LogP contribution < -0.4 is 0 Å². The lowest BCUT2D eigenvalue weighted by Crippen LogP contribution is -2.06. The van der Waals surface area contributed by atoms with Gasteiger partial charge in [0.05, 0.1) is 6.61 Å². The third kappa shape index (κ3) is 10.7. The predicted molar refractivity (Wildman–Crippen MR) is 53.4 cm³/mol. The maximum Gasteiger partial charge on any atom is 0.330 e. The van der Waals surface area contributed by atoms with E-state index in [4.69, 9.17) is 4.74 Å². The Balaban J connectivity index is 0. The topological polar surface area (TPSA) is 38.8 Å². The molecule has 1 saturated heterocycles. The van der Waals surface area contributed by atoms with Crippen LogP contribution in [0.1, 0.15) is 0 Å². The van der Waals surface area contributed by atoms with Crippen LogP contribution in [0.4, 0.5) is 0 Å². The monoisotopic (exact) mass is 184 g/mol. The summed E-state index contributed by atoms with van der Waals surface area (Å²) in [6.07, 6.45) is 1.29. The number of hydrogen-bond donors (Lipinski definition) is 0. The normalized spacial score (nSPS) is 16.5. The number of hydrogen-bond acceptors (Lipinski definition) is 3.